The molecule has 4 rings (SSSR count). The number of fused-ring (bicyclic) bond motifs is 2. The summed E-state index contributed by atoms with van der Waals surface area (Å²) in [6.07, 6.45) is 3.38. The van der Waals surface area contributed by atoms with Gasteiger partial charge in [-0.2, -0.15) is 5.10 Å². The summed E-state index contributed by atoms with van der Waals surface area (Å²) in [7, 11) is 1.44. The van der Waals surface area contributed by atoms with Crippen molar-refractivity contribution in [3.8, 4) is 5.75 Å². The molecule has 3 aromatic rings. The highest BCUT2D eigenvalue weighted by Gasteiger charge is 2.15. The fourth-order valence-corrected chi connectivity index (χ4v) is 3.10. The first-order chi connectivity index (χ1) is 11.6. The zero-order valence-electron chi connectivity index (χ0n) is 13.6. The molecule has 0 atom stereocenters. The third-order valence-electron chi connectivity index (χ3n) is 4.24. The Morgan fingerprint density at radius 1 is 1.21 bits per heavy atom. The summed E-state index contributed by atoms with van der Waals surface area (Å²) >= 11 is 0. The number of anilines is 2. The molecule has 0 fully saturated rings. The van der Waals surface area contributed by atoms with Crippen LogP contribution in [0, 0.1) is 12.7 Å². The van der Waals surface area contributed by atoms with Gasteiger partial charge in [0.25, 0.3) is 0 Å². The van der Waals surface area contributed by atoms with E-state index in [1.165, 1.54) is 25.3 Å². The summed E-state index contributed by atoms with van der Waals surface area (Å²) in [6, 6.07) is 5.03. The van der Waals surface area contributed by atoms with Gasteiger partial charge < -0.3 is 10.1 Å². The number of halogens is 1. The van der Waals surface area contributed by atoms with Crippen LogP contribution in [0.25, 0.3) is 10.9 Å². The summed E-state index contributed by atoms with van der Waals surface area (Å²) in [4.78, 5) is 8.77. The van der Waals surface area contributed by atoms with Crippen molar-refractivity contribution in [3.63, 3.8) is 0 Å². The van der Waals surface area contributed by atoms with E-state index in [4.69, 9.17) is 4.74 Å². The van der Waals surface area contributed by atoms with Gasteiger partial charge in [-0.05, 0) is 32.3 Å². The van der Waals surface area contributed by atoms with Crippen LogP contribution >= 0.6 is 0 Å². The molecule has 0 spiro atoms. The molecule has 7 heteroatoms. The molecule has 0 unspecified atom stereocenters. The Morgan fingerprint density at radius 3 is 2.88 bits per heavy atom. The van der Waals surface area contributed by atoms with Crippen LogP contribution in [0.4, 0.5) is 16.0 Å². The summed E-state index contributed by atoms with van der Waals surface area (Å²) < 4.78 is 21.1. The van der Waals surface area contributed by atoms with Crippen LogP contribution in [0.15, 0.2) is 18.2 Å². The first kappa shape index (κ1) is 14.9. The lowest BCUT2D eigenvalue weighted by Gasteiger charge is -2.11. The van der Waals surface area contributed by atoms with Crippen molar-refractivity contribution in [1.82, 2.24) is 19.7 Å². The molecule has 1 N–H and O–H groups in total. The van der Waals surface area contributed by atoms with Crippen molar-refractivity contribution in [2.24, 2.45) is 0 Å². The Balaban J connectivity index is 1.79. The van der Waals surface area contributed by atoms with Crippen LogP contribution in [0.5, 0.6) is 5.75 Å². The monoisotopic (exact) mass is 327 g/mol. The Labute approximate surface area is 138 Å². The maximum absolute atomic E-state index is 13.9. The Bertz CT molecular complexity index is 897. The highest BCUT2D eigenvalue weighted by atomic mass is 19.1. The van der Waals surface area contributed by atoms with Gasteiger partial charge in [0.15, 0.2) is 17.4 Å². The second-order valence-corrected chi connectivity index (χ2v) is 5.95. The Morgan fingerprint density at radius 2 is 2.08 bits per heavy atom. The number of aromatic nitrogens is 4. The number of benzene rings is 1. The van der Waals surface area contributed by atoms with E-state index in [2.05, 4.69) is 20.4 Å². The van der Waals surface area contributed by atoms with Crippen molar-refractivity contribution >= 4 is 22.5 Å². The number of nitrogens with zero attached hydrogens (tertiary/aromatic N) is 4. The average molecular weight is 327 g/mol. The van der Waals surface area contributed by atoms with Crippen LogP contribution in [-0.4, -0.2) is 26.9 Å². The summed E-state index contributed by atoms with van der Waals surface area (Å²) in [5, 5.41) is 8.54. The van der Waals surface area contributed by atoms with E-state index in [0.717, 1.165) is 25.2 Å². The van der Waals surface area contributed by atoms with Crippen LogP contribution in [-0.2, 0) is 13.0 Å². The molecular formula is C17H18FN5O. The zero-order chi connectivity index (χ0) is 16.7. The van der Waals surface area contributed by atoms with Gasteiger partial charge in [0, 0.05) is 29.8 Å². The lowest BCUT2D eigenvalue weighted by atomic mass is 10.1. The number of methoxy groups -OCH3 is 1. The van der Waals surface area contributed by atoms with E-state index in [-0.39, 0.29) is 5.75 Å². The second kappa shape index (κ2) is 5.74. The van der Waals surface area contributed by atoms with Crippen LogP contribution in [0.1, 0.15) is 24.4 Å². The largest absolute Gasteiger partial charge is 0.494 e. The Hall–Kier alpha value is -2.70. The number of ether oxygens (including phenoxy) is 1. The van der Waals surface area contributed by atoms with Gasteiger partial charge in [0.1, 0.15) is 11.6 Å². The predicted octanol–water partition coefficient (Wildman–Crippen LogP) is 3.36. The van der Waals surface area contributed by atoms with Crippen molar-refractivity contribution in [2.75, 3.05) is 12.4 Å². The molecule has 0 radical (unpaired) electrons. The van der Waals surface area contributed by atoms with Gasteiger partial charge in [0.05, 0.1) is 12.6 Å². The van der Waals surface area contributed by atoms with Gasteiger partial charge in [-0.1, -0.05) is 0 Å². The van der Waals surface area contributed by atoms with Crippen molar-refractivity contribution in [3.05, 3.63) is 35.5 Å². The highest BCUT2D eigenvalue weighted by molar-refractivity contribution is 5.91. The molecular weight excluding hydrogens is 309 g/mol. The molecule has 0 saturated heterocycles. The smallest absolute Gasteiger partial charge is 0.167 e. The van der Waals surface area contributed by atoms with Crippen molar-refractivity contribution < 1.29 is 9.13 Å². The third kappa shape index (κ3) is 2.55. The molecule has 0 bridgehead atoms. The zero-order valence-corrected chi connectivity index (χ0v) is 13.6. The first-order valence-electron chi connectivity index (χ1n) is 7.99. The van der Waals surface area contributed by atoms with E-state index in [1.54, 1.807) is 13.0 Å². The summed E-state index contributed by atoms with van der Waals surface area (Å²) in [5.74, 6) is 1.65. The van der Waals surface area contributed by atoms with E-state index in [1.807, 2.05) is 10.7 Å². The van der Waals surface area contributed by atoms with Crippen LogP contribution in [0.2, 0.25) is 0 Å². The fraction of sp³-hybridized carbons (Fsp3) is 0.353. The molecule has 0 aliphatic carbocycles. The number of rotatable bonds is 3. The van der Waals surface area contributed by atoms with Gasteiger partial charge >= 0.3 is 0 Å². The third-order valence-corrected chi connectivity index (χ3v) is 4.24. The molecule has 24 heavy (non-hydrogen) atoms. The molecule has 0 saturated carbocycles. The molecule has 3 heterocycles. The summed E-state index contributed by atoms with van der Waals surface area (Å²) in [5.41, 5.74) is 1.76. The van der Waals surface area contributed by atoms with Crippen LogP contribution < -0.4 is 10.1 Å². The number of hydrogen-bond acceptors (Lipinski definition) is 5. The lowest BCUT2D eigenvalue weighted by Crippen LogP contribution is -2.10. The molecule has 1 aromatic carbocycles. The SMILES string of the molecule is COc1cc2c(Nc3cc4n(n3)CCCC4)nc(C)nc2cc1F. The number of nitrogens with one attached hydrogen (secondary N) is 1. The quantitative estimate of drug-likeness (QED) is 0.799. The first-order valence-corrected chi connectivity index (χ1v) is 7.99. The van der Waals surface area contributed by atoms with Crippen LogP contribution in [0.3, 0.4) is 0 Å². The molecule has 1 aliphatic heterocycles. The normalized spacial score (nSPS) is 13.8. The fourth-order valence-electron chi connectivity index (χ4n) is 3.10. The van der Waals surface area contributed by atoms with Crippen molar-refractivity contribution in [2.45, 2.75) is 32.7 Å². The van der Waals surface area contributed by atoms with Gasteiger partial charge in [-0.3, -0.25) is 4.68 Å². The van der Waals surface area contributed by atoms with Gasteiger partial charge in [-0.15, -0.1) is 0 Å². The average Bonchev–Trinajstić information content (AvgIpc) is 2.96. The molecule has 1 aliphatic rings. The molecule has 6 nitrogen and oxygen atoms in total. The van der Waals surface area contributed by atoms with E-state index < -0.39 is 5.82 Å². The standard InChI is InChI=1S/C17H18FN5O/c1-10-19-14-9-13(18)15(24-2)8-12(14)17(20-10)21-16-7-11-5-3-4-6-23(11)22-16/h7-9H,3-6H2,1-2H3,(H,19,20,21,22). The van der Waals surface area contributed by atoms with E-state index in [9.17, 15) is 4.39 Å². The molecule has 124 valence electrons. The van der Waals surface area contributed by atoms with Gasteiger partial charge in [0.2, 0.25) is 0 Å². The Kier molecular flexibility index (Phi) is 3.55. The topological polar surface area (TPSA) is 64.9 Å². The lowest BCUT2D eigenvalue weighted by molar-refractivity contribution is 0.387. The minimum atomic E-state index is -0.438. The molecule has 2 aromatic heterocycles. The molecule has 0 amide bonds. The maximum atomic E-state index is 13.9. The summed E-state index contributed by atoms with van der Waals surface area (Å²) in [6.45, 7) is 2.73. The second-order valence-electron chi connectivity index (χ2n) is 5.95. The van der Waals surface area contributed by atoms with Crippen molar-refractivity contribution in [1.29, 1.82) is 0 Å². The highest BCUT2D eigenvalue weighted by Crippen LogP contribution is 2.30. The predicted molar refractivity (Wildman–Crippen MR) is 89.2 cm³/mol. The van der Waals surface area contributed by atoms with E-state index >= 15 is 0 Å². The van der Waals surface area contributed by atoms with E-state index in [0.29, 0.717) is 22.5 Å². The minimum absolute atomic E-state index is 0.169. The minimum Gasteiger partial charge on any atom is -0.494 e. The number of hydrogen-bond donors (Lipinski definition) is 1. The van der Waals surface area contributed by atoms with Gasteiger partial charge in [-0.25, -0.2) is 14.4 Å². The number of aryl methyl sites for hydroxylation is 3. The maximum Gasteiger partial charge on any atom is 0.167 e.